The van der Waals surface area contributed by atoms with E-state index in [0.717, 1.165) is 11.3 Å². The average Bonchev–Trinajstić information content (AvgIpc) is 3.14. The number of hydrogen-bond acceptors (Lipinski definition) is 6. The molecule has 1 aromatic heterocycles. The number of nitrogens with zero attached hydrogens (tertiary/aromatic N) is 2. The summed E-state index contributed by atoms with van der Waals surface area (Å²) in [6.45, 7) is 6.70. The molecule has 0 aliphatic carbocycles. The van der Waals surface area contributed by atoms with Crippen LogP contribution in [-0.2, 0) is 12.0 Å². The smallest absolute Gasteiger partial charge is 0.254 e. The Morgan fingerprint density at radius 1 is 0.926 bits per heavy atom. The van der Waals surface area contributed by atoms with E-state index < -0.39 is 0 Å². The fourth-order valence-corrected chi connectivity index (χ4v) is 2.60. The summed E-state index contributed by atoms with van der Waals surface area (Å²) >= 11 is 0. The quantitative estimate of drug-likeness (QED) is 0.632. The SMILES string of the molecule is COc1ccc(-c2nnc(COc3cccc(C(C)(C)C)c3)o2)cc1OC. The minimum Gasteiger partial charge on any atom is -0.493 e. The third-order valence-corrected chi connectivity index (χ3v) is 4.16. The van der Waals surface area contributed by atoms with Gasteiger partial charge in [0.15, 0.2) is 18.1 Å². The zero-order chi connectivity index (χ0) is 19.4. The molecule has 0 radical (unpaired) electrons. The molecule has 1 heterocycles. The van der Waals surface area contributed by atoms with Gasteiger partial charge in [-0.25, -0.2) is 0 Å². The van der Waals surface area contributed by atoms with Gasteiger partial charge in [0.1, 0.15) is 5.75 Å². The monoisotopic (exact) mass is 368 g/mol. The maximum atomic E-state index is 5.82. The van der Waals surface area contributed by atoms with Crippen LogP contribution in [0, 0.1) is 0 Å². The van der Waals surface area contributed by atoms with Crippen molar-refractivity contribution in [1.82, 2.24) is 10.2 Å². The van der Waals surface area contributed by atoms with Gasteiger partial charge in [0.2, 0.25) is 5.89 Å². The predicted octanol–water partition coefficient (Wildman–Crippen LogP) is 4.63. The van der Waals surface area contributed by atoms with E-state index in [1.165, 1.54) is 5.56 Å². The fourth-order valence-electron chi connectivity index (χ4n) is 2.60. The van der Waals surface area contributed by atoms with Crippen molar-refractivity contribution in [3.63, 3.8) is 0 Å². The van der Waals surface area contributed by atoms with Crippen LogP contribution < -0.4 is 14.2 Å². The van der Waals surface area contributed by atoms with Crippen LogP contribution in [0.2, 0.25) is 0 Å². The second kappa shape index (κ2) is 7.70. The van der Waals surface area contributed by atoms with E-state index in [-0.39, 0.29) is 12.0 Å². The highest BCUT2D eigenvalue weighted by Gasteiger charge is 2.15. The van der Waals surface area contributed by atoms with Crippen molar-refractivity contribution in [2.45, 2.75) is 32.8 Å². The predicted molar refractivity (Wildman–Crippen MR) is 102 cm³/mol. The van der Waals surface area contributed by atoms with E-state index in [9.17, 15) is 0 Å². The van der Waals surface area contributed by atoms with Crippen molar-refractivity contribution >= 4 is 0 Å². The second-order valence-electron chi connectivity index (χ2n) is 7.14. The molecule has 0 spiro atoms. The summed E-state index contributed by atoms with van der Waals surface area (Å²) in [6, 6.07) is 13.5. The Kier molecular flexibility index (Phi) is 5.35. The van der Waals surface area contributed by atoms with Crippen LogP contribution in [0.4, 0.5) is 0 Å². The lowest BCUT2D eigenvalue weighted by Crippen LogP contribution is -2.11. The largest absolute Gasteiger partial charge is 0.493 e. The molecule has 0 fully saturated rings. The molecule has 0 N–H and O–H groups in total. The number of hydrogen-bond donors (Lipinski definition) is 0. The Hall–Kier alpha value is -3.02. The molecule has 0 aliphatic heterocycles. The molecule has 6 nitrogen and oxygen atoms in total. The van der Waals surface area contributed by atoms with E-state index >= 15 is 0 Å². The van der Waals surface area contributed by atoms with Crippen LogP contribution >= 0.6 is 0 Å². The van der Waals surface area contributed by atoms with Crippen molar-refractivity contribution in [3.8, 4) is 28.7 Å². The Morgan fingerprint density at radius 3 is 2.41 bits per heavy atom. The number of aromatic nitrogens is 2. The molecule has 142 valence electrons. The summed E-state index contributed by atoms with van der Waals surface area (Å²) in [5.74, 6) is 2.82. The van der Waals surface area contributed by atoms with Crippen LogP contribution in [0.3, 0.4) is 0 Å². The molecule has 0 atom stereocenters. The standard InChI is InChI=1S/C21H24N2O4/c1-21(2,3)15-7-6-8-16(12-15)26-13-19-22-23-20(27-19)14-9-10-17(24-4)18(11-14)25-5/h6-12H,13H2,1-5H3. The molecule has 0 aliphatic rings. The topological polar surface area (TPSA) is 66.6 Å². The third-order valence-electron chi connectivity index (χ3n) is 4.16. The van der Waals surface area contributed by atoms with Crippen molar-refractivity contribution in [2.75, 3.05) is 14.2 Å². The lowest BCUT2D eigenvalue weighted by atomic mass is 9.87. The lowest BCUT2D eigenvalue weighted by Gasteiger charge is -2.19. The number of rotatable bonds is 6. The second-order valence-corrected chi connectivity index (χ2v) is 7.14. The minimum absolute atomic E-state index is 0.0600. The molecule has 0 saturated carbocycles. The van der Waals surface area contributed by atoms with Gasteiger partial charge in [0.25, 0.3) is 5.89 Å². The highest BCUT2D eigenvalue weighted by atomic mass is 16.5. The highest BCUT2D eigenvalue weighted by molar-refractivity contribution is 5.59. The van der Waals surface area contributed by atoms with Gasteiger partial charge in [0, 0.05) is 5.56 Å². The van der Waals surface area contributed by atoms with Crippen LogP contribution in [0.5, 0.6) is 17.2 Å². The first kappa shape index (κ1) is 18.8. The molecular formula is C21H24N2O4. The van der Waals surface area contributed by atoms with E-state index in [1.807, 2.05) is 24.3 Å². The molecule has 27 heavy (non-hydrogen) atoms. The molecule has 3 rings (SSSR count). The Bertz CT molecular complexity index is 913. The van der Waals surface area contributed by atoms with Crippen LogP contribution in [0.25, 0.3) is 11.5 Å². The zero-order valence-electron chi connectivity index (χ0n) is 16.3. The van der Waals surface area contributed by atoms with E-state index in [0.29, 0.717) is 23.3 Å². The fraction of sp³-hybridized carbons (Fsp3) is 0.333. The van der Waals surface area contributed by atoms with Crippen LogP contribution in [0.1, 0.15) is 32.2 Å². The summed E-state index contributed by atoms with van der Waals surface area (Å²) in [7, 11) is 3.18. The summed E-state index contributed by atoms with van der Waals surface area (Å²) < 4.78 is 22.1. The molecule has 0 amide bonds. The maximum Gasteiger partial charge on any atom is 0.254 e. The van der Waals surface area contributed by atoms with Crippen molar-refractivity contribution in [2.24, 2.45) is 0 Å². The summed E-state index contributed by atoms with van der Waals surface area (Å²) in [6.07, 6.45) is 0. The van der Waals surface area contributed by atoms with Gasteiger partial charge in [-0.3, -0.25) is 0 Å². The Labute approximate surface area is 159 Å². The zero-order valence-corrected chi connectivity index (χ0v) is 16.3. The van der Waals surface area contributed by atoms with Gasteiger partial charge >= 0.3 is 0 Å². The van der Waals surface area contributed by atoms with E-state index in [1.54, 1.807) is 26.4 Å². The molecule has 6 heteroatoms. The van der Waals surface area contributed by atoms with Gasteiger partial charge in [-0.15, -0.1) is 10.2 Å². The number of benzene rings is 2. The van der Waals surface area contributed by atoms with E-state index in [4.69, 9.17) is 18.6 Å². The first-order valence-corrected chi connectivity index (χ1v) is 8.69. The molecule has 2 aromatic carbocycles. The molecule has 3 aromatic rings. The summed E-state index contributed by atoms with van der Waals surface area (Å²) in [5.41, 5.74) is 2.02. The average molecular weight is 368 g/mol. The maximum absolute atomic E-state index is 5.82. The van der Waals surface area contributed by atoms with Gasteiger partial charge < -0.3 is 18.6 Å². The summed E-state index contributed by atoms with van der Waals surface area (Å²) in [4.78, 5) is 0. The van der Waals surface area contributed by atoms with Crippen molar-refractivity contribution < 1.29 is 18.6 Å². The van der Waals surface area contributed by atoms with Crippen molar-refractivity contribution in [1.29, 1.82) is 0 Å². The normalized spacial score (nSPS) is 11.3. The van der Waals surface area contributed by atoms with Crippen LogP contribution in [-0.4, -0.2) is 24.4 Å². The lowest BCUT2D eigenvalue weighted by molar-refractivity contribution is 0.264. The first-order chi connectivity index (χ1) is 12.9. The molecule has 0 unspecified atom stereocenters. The molecule has 0 saturated heterocycles. The highest BCUT2D eigenvalue weighted by Crippen LogP contribution is 2.32. The van der Waals surface area contributed by atoms with Gasteiger partial charge in [-0.2, -0.15) is 0 Å². The Morgan fingerprint density at radius 2 is 1.70 bits per heavy atom. The molecular weight excluding hydrogens is 344 g/mol. The first-order valence-electron chi connectivity index (χ1n) is 8.69. The van der Waals surface area contributed by atoms with Crippen molar-refractivity contribution in [3.05, 3.63) is 53.9 Å². The van der Waals surface area contributed by atoms with Gasteiger partial charge in [0.05, 0.1) is 14.2 Å². The third kappa shape index (κ3) is 4.39. The minimum atomic E-state index is 0.0600. The summed E-state index contributed by atoms with van der Waals surface area (Å²) in [5, 5.41) is 8.16. The van der Waals surface area contributed by atoms with Gasteiger partial charge in [-0.1, -0.05) is 32.9 Å². The van der Waals surface area contributed by atoms with Crippen LogP contribution in [0.15, 0.2) is 46.9 Å². The molecule has 0 bridgehead atoms. The van der Waals surface area contributed by atoms with Gasteiger partial charge in [-0.05, 0) is 41.3 Å². The Balaban J connectivity index is 1.72. The van der Waals surface area contributed by atoms with E-state index in [2.05, 4.69) is 37.0 Å². The number of ether oxygens (including phenoxy) is 3. The number of methoxy groups -OCH3 is 2.